The van der Waals surface area contributed by atoms with E-state index in [2.05, 4.69) is 42.8 Å². The number of terminal acetylenes is 2. The topological polar surface area (TPSA) is 55.4 Å². The van der Waals surface area contributed by atoms with Gasteiger partial charge in [-0.3, -0.25) is 9.78 Å². The summed E-state index contributed by atoms with van der Waals surface area (Å²) in [7, 11) is 0. The molecule has 0 N–H and O–H groups in total. The van der Waals surface area contributed by atoms with Gasteiger partial charge in [-0.2, -0.15) is 0 Å². The Morgan fingerprint density at radius 2 is 1.10 bits per heavy atom. The summed E-state index contributed by atoms with van der Waals surface area (Å²) in [4.78, 5) is 7.41. The van der Waals surface area contributed by atoms with Crippen LogP contribution in [0, 0.1) is 25.1 Å². The van der Waals surface area contributed by atoms with E-state index in [1.54, 1.807) is 12.2 Å². The summed E-state index contributed by atoms with van der Waals surface area (Å²) >= 11 is 0. The largest absolute Gasteiger partial charge is 0.250 e. The third-order valence-corrected chi connectivity index (χ3v) is 0.248. The summed E-state index contributed by atoms with van der Waals surface area (Å²) in [6.45, 7) is 0. The molecule has 0 heterocycles. The molecule has 0 rings (SSSR count). The molecule has 0 unspecified atom stereocenters. The van der Waals surface area contributed by atoms with Gasteiger partial charge in [0, 0.05) is 20.2 Å². The second-order valence-corrected chi connectivity index (χ2v) is 0.675. The van der Waals surface area contributed by atoms with Gasteiger partial charge in [0.05, 0.1) is 0 Å². The lowest BCUT2D eigenvalue weighted by Gasteiger charge is -1.92. The molecular formula is C4H2O6. The first-order chi connectivity index (χ1) is 4.91. The zero-order valence-corrected chi connectivity index (χ0v) is 4.60. The van der Waals surface area contributed by atoms with Crippen molar-refractivity contribution in [2.24, 2.45) is 0 Å². The van der Waals surface area contributed by atoms with E-state index in [0.29, 0.717) is 0 Å². The molecule has 0 aliphatic carbocycles. The van der Waals surface area contributed by atoms with Crippen LogP contribution in [0.5, 0.6) is 0 Å². The van der Waals surface area contributed by atoms with Gasteiger partial charge in [0.2, 0.25) is 0 Å². The van der Waals surface area contributed by atoms with Gasteiger partial charge in [-0.1, -0.05) is 12.8 Å². The van der Waals surface area contributed by atoms with Crippen LogP contribution in [0.2, 0.25) is 0 Å². The summed E-state index contributed by atoms with van der Waals surface area (Å²) < 4.78 is 0. The molecule has 0 aromatic rings. The molecule has 54 valence electrons. The van der Waals surface area contributed by atoms with Gasteiger partial charge < -0.3 is 0 Å². The Bertz CT molecular complexity index is 123. The molecule has 0 saturated carbocycles. The van der Waals surface area contributed by atoms with Crippen LogP contribution in [0.4, 0.5) is 0 Å². The van der Waals surface area contributed by atoms with Gasteiger partial charge in [0.1, 0.15) is 0 Å². The Morgan fingerprint density at radius 3 is 1.40 bits per heavy atom. The SMILES string of the molecule is C#COOOOOOC#C. The molecular weight excluding hydrogens is 144 g/mol. The minimum atomic E-state index is 1.59. The van der Waals surface area contributed by atoms with Crippen molar-refractivity contribution in [3.63, 3.8) is 0 Å². The molecule has 0 aliphatic heterocycles. The van der Waals surface area contributed by atoms with Crippen molar-refractivity contribution >= 4 is 0 Å². The van der Waals surface area contributed by atoms with E-state index in [0.717, 1.165) is 0 Å². The molecule has 0 bridgehead atoms. The number of hydrogen-bond donors (Lipinski definition) is 0. The van der Waals surface area contributed by atoms with Crippen molar-refractivity contribution in [2.45, 2.75) is 0 Å². The van der Waals surface area contributed by atoms with Crippen molar-refractivity contribution in [1.29, 1.82) is 0 Å². The second kappa shape index (κ2) is 7.56. The Balaban J connectivity index is 2.80. The zero-order chi connectivity index (χ0) is 7.66. The molecule has 0 aliphatic rings. The number of rotatable bonds is 5. The van der Waals surface area contributed by atoms with E-state index in [1.165, 1.54) is 0 Å². The van der Waals surface area contributed by atoms with Gasteiger partial charge in [0.15, 0.2) is 12.2 Å². The second-order valence-electron chi connectivity index (χ2n) is 0.675. The molecule has 6 nitrogen and oxygen atoms in total. The van der Waals surface area contributed by atoms with E-state index >= 15 is 0 Å². The normalized spacial score (nSPS) is 7.40. The molecule has 0 saturated heterocycles. The van der Waals surface area contributed by atoms with Crippen molar-refractivity contribution in [2.75, 3.05) is 0 Å². The molecule has 0 amide bonds. The molecule has 10 heavy (non-hydrogen) atoms. The molecule has 0 atom stereocenters. The molecule has 0 spiro atoms. The van der Waals surface area contributed by atoms with Crippen LogP contribution in [-0.2, 0) is 29.9 Å². The van der Waals surface area contributed by atoms with E-state index < -0.39 is 0 Å². The monoisotopic (exact) mass is 146 g/mol. The van der Waals surface area contributed by atoms with E-state index in [4.69, 9.17) is 0 Å². The van der Waals surface area contributed by atoms with Gasteiger partial charge in [-0.05, 0) is 0 Å². The molecule has 0 aromatic heterocycles. The van der Waals surface area contributed by atoms with Crippen LogP contribution < -0.4 is 0 Å². The smallest absolute Gasteiger partial charge is 0.157 e. The standard InChI is InChI=1S/C4H2O6/c1-3-5-7-9-10-8-6-4-2/h1-2H. The summed E-state index contributed by atoms with van der Waals surface area (Å²) in [5.74, 6) is 0. The van der Waals surface area contributed by atoms with Crippen LogP contribution >= 0.6 is 0 Å². The van der Waals surface area contributed by atoms with Crippen molar-refractivity contribution in [3.8, 4) is 25.1 Å². The zero-order valence-electron chi connectivity index (χ0n) is 4.60. The lowest BCUT2D eigenvalue weighted by atomic mass is 11.3. The Hall–Kier alpha value is -1.44. The third kappa shape index (κ3) is 6.56. The fourth-order valence-corrected chi connectivity index (χ4v) is 0.0897. The van der Waals surface area contributed by atoms with Crippen LogP contribution in [0.3, 0.4) is 0 Å². The summed E-state index contributed by atoms with van der Waals surface area (Å²) in [5.41, 5.74) is 0. The summed E-state index contributed by atoms with van der Waals surface area (Å²) in [5, 5.41) is 14.3. The first-order valence-corrected chi connectivity index (χ1v) is 1.82. The van der Waals surface area contributed by atoms with Crippen LogP contribution in [-0.4, -0.2) is 0 Å². The average Bonchev–Trinajstić information content (AvgIpc) is 1.97. The Kier molecular flexibility index (Phi) is 6.47. The molecule has 0 radical (unpaired) electrons. The highest BCUT2D eigenvalue weighted by atomic mass is 17.8. The van der Waals surface area contributed by atoms with Crippen LogP contribution in [0.25, 0.3) is 0 Å². The number of hydrogen-bond acceptors (Lipinski definition) is 6. The van der Waals surface area contributed by atoms with Gasteiger partial charge in [0.25, 0.3) is 0 Å². The predicted octanol–water partition coefficient (Wildman–Crippen LogP) is -0.158. The van der Waals surface area contributed by atoms with Crippen molar-refractivity contribution in [3.05, 3.63) is 0 Å². The lowest BCUT2D eigenvalue weighted by Crippen LogP contribution is -1.95. The first kappa shape index (κ1) is 8.56. The van der Waals surface area contributed by atoms with E-state index in [-0.39, 0.29) is 0 Å². The minimum absolute atomic E-state index is 1.59. The fourth-order valence-electron chi connectivity index (χ4n) is 0.0897. The molecule has 6 heteroatoms. The van der Waals surface area contributed by atoms with Crippen molar-refractivity contribution < 1.29 is 29.9 Å². The van der Waals surface area contributed by atoms with E-state index in [1.807, 2.05) is 0 Å². The highest BCUT2D eigenvalue weighted by Gasteiger charge is 1.87. The fraction of sp³-hybridized carbons (Fsp3) is 0. The maximum Gasteiger partial charge on any atom is 0.157 e. The quantitative estimate of drug-likeness (QED) is 0.232. The lowest BCUT2D eigenvalue weighted by molar-refractivity contribution is -0.743. The van der Waals surface area contributed by atoms with Crippen molar-refractivity contribution in [1.82, 2.24) is 0 Å². The van der Waals surface area contributed by atoms with Crippen LogP contribution in [0.1, 0.15) is 0 Å². The predicted molar refractivity (Wildman–Crippen MR) is 24.2 cm³/mol. The minimum Gasteiger partial charge on any atom is -0.250 e. The highest BCUT2D eigenvalue weighted by Crippen LogP contribution is 1.83. The Morgan fingerprint density at radius 1 is 0.700 bits per heavy atom. The average molecular weight is 146 g/mol. The highest BCUT2D eigenvalue weighted by molar-refractivity contribution is 4.64. The molecule has 0 fully saturated rings. The van der Waals surface area contributed by atoms with Gasteiger partial charge in [-0.15, -0.1) is 0 Å². The van der Waals surface area contributed by atoms with Gasteiger partial charge >= 0.3 is 0 Å². The molecule has 0 aromatic carbocycles. The summed E-state index contributed by atoms with van der Waals surface area (Å²) in [6, 6.07) is 0. The van der Waals surface area contributed by atoms with E-state index in [9.17, 15) is 0 Å². The van der Waals surface area contributed by atoms with Crippen LogP contribution in [0.15, 0.2) is 0 Å². The third-order valence-electron chi connectivity index (χ3n) is 0.248. The first-order valence-electron chi connectivity index (χ1n) is 1.82. The maximum absolute atomic E-state index is 4.53. The summed E-state index contributed by atoms with van der Waals surface area (Å²) in [6.07, 6.45) is 12.3. The van der Waals surface area contributed by atoms with Gasteiger partial charge in [-0.25, -0.2) is 0 Å². The Labute approximate surface area is 56.2 Å². The maximum atomic E-state index is 4.53.